The molecule has 4 heteroatoms. The minimum atomic E-state index is -0.283. The zero-order valence-corrected chi connectivity index (χ0v) is 14.9. The molecule has 2 atom stereocenters. The van der Waals surface area contributed by atoms with E-state index in [-0.39, 0.29) is 12.1 Å². The Morgan fingerprint density at radius 3 is 2.42 bits per heavy atom. The smallest absolute Gasteiger partial charge is 0.330 e. The molecule has 0 N–H and O–H groups in total. The number of likely N-dealkylation sites (N-methyl/N-ethyl adjacent to an activating group) is 2. The molecule has 1 aromatic carbocycles. The van der Waals surface area contributed by atoms with E-state index in [0.29, 0.717) is 18.7 Å². The van der Waals surface area contributed by atoms with Crippen LogP contribution in [0, 0.1) is 0 Å². The van der Waals surface area contributed by atoms with Crippen LogP contribution in [0.3, 0.4) is 0 Å². The summed E-state index contributed by atoms with van der Waals surface area (Å²) in [6.07, 6.45) is 8.90. The van der Waals surface area contributed by atoms with Gasteiger partial charge in [0.15, 0.2) is 0 Å². The van der Waals surface area contributed by atoms with Gasteiger partial charge in [0.25, 0.3) is 0 Å². The van der Waals surface area contributed by atoms with E-state index in [2.05, 4.69) is 42.1 Å². The van der Waals surface area contributed by atoms with Gasteiger partial charge in [0.2, 0.25) is 0 Å². The first-order valence-corrected chi connectivity index (χ1v) is 9.01. The van der Waals surface area contributed by atoms with Crippen LogP contribution in [0.2, 0.25) is 0 Å². The lowest BCUT2D eigenvalue weighted by Gasteiger charge is -2.29. The predicted octanol–water partition coefficient (Wildman–Crippen LogP) is 3.45. The highest BCUT2D eigenvalue weighted by Crippen LogP contribution is 2.42. The maximum Gasteiger partial charge on any atom is 0.330 e. The van der Waals surface area contributed by atoms with Gasteiger partial charge in [-0.05, 0) is 51.1 Å². The molecule has 0 radical (unpaired) electrons. The number of hydrogen-bond acceptors (Lipinski definition) is 4. The van der Waals surface area contributed by atoms with Crippen molar-refractivity contribution in [1.82, 2.24) is 9.80 Å². The minimum Gasteiger partial charge on any atom is -0.463 e. The number of benzene rings is 1. The van der Waals surface area contributed by atoms with Crippen molar-refractivity contribution in [3.05, 3.63) is 41.5 Å². The summed E-state index contributed by atoms with van der Waals surface area (Å²) < 4.78 is 5.00. The molecular weight excluding hydrogens is 300 g/mol. The molecule has 1 aliphatic heterocycles. The van der Waals surface area contributed by atoms with E-state index in [9.17, 15) is 4.79 Å². The van der Waals surface area contributed by atoms with E-state index in [1.54, 1.807) is 0 Å². The van der Waals surface area contributed by atoms with Crippen LogP contribution in [0.25, 0.3) is 6.08 Å². The average molecular weight is 328 g/mol. The number of fused-ring (bicyclic) bond motifs is 1. The second-order valence-corrected chi connectivity index (χ2v) is 6.84. The summed E-state index contributed by atoms with van der Waals surface area (Å²) in [7, 11) is 4.48. The first-order valence-electron chi connectivity index (χ1n) is 9.01. The summed E-state index contributed by atoms with van der Waals surface area (Å²) in [6.45, 7) is 2.23. The number of hydrogen-bond donors (Lipinski definition) is 0. The Morgan fingerprint density at radius 2 is 1.79 bits per heavy atom. The predicted molar refractivity (Wildman–Crippen MR) is 96.4 cm³/mol. The molecular formula is C20H28N2O2. The first-order chi connectivity index (χ1) is 11.6. The molecule has 0 spiro atoms. The Morgan fingerprint density at radius 1 is 1.17 bits per heavy atom. The molecule has 24 heavy (non-hydrogen) atoms. The van der Waals surface area contributed by atoms with Gasteiger partial charge in [-0.2, -0.15) is 0 Å². The van der Waals surface area contributed by atoms with Gasteiger partial charge in [0.05, 0.1) is 12.8 Å². The number of carbonyl (C=O) groups excluding carboxylic acids is 1. The fraction of sp³-hybridized carbons (Fsp3) is 0.550. The molecule has 2 aliphatic rings. The highest BCUT2D eigenvalue weighted by atomic mass is 16.5. The minimum absolute atomic E-state index is 0.265. The largest absolute Gasteiger partial charge is 0.463 e. The van der Waals surface area contributed by atoms with E-state index in [0.717, 1.165) is 5.56 Å². The van der Waals surface area contributed by atoms with E-state index in [1.165, 1.54) is 37.3 Å². The third-order valence-electron chi connectivity index (χ3n) is 5.47. The van der Waals surface area contributed by atoms with Crippen LogP contribution >= 0.6 is 0 Å². The van der Waals surface area contributed by atoms with Crippen LogP contribution in [0.4, 0.5) is 0 Å². The topological polar surface area (TPSA) is 32.8 Å². The number of rotatable bonds is 4. The SMILES string of the molecule is CCOC(=O)/C=C/c1ccccc1C1N(C)[C@@H]2CCCC[C@H]2N1C. The molecule has 1 heterocycles. The van der Waals surface area contributed by atoms with Crippen molar-refractivity contribution >= 4 is 12.0 Å². The van der Waals surface area contributed by atoms with Crippen LogP contribution in [0.15, 0.2) is 30.3 Å². The summed E-state index contributed by atoms with van der Waals surface area (Å²) in [5.74, 6) is -0.283. The molecule has 130 valence electrons. The molecule has 0 unspecified atom stereocenters. The Labute approximate surface area is 145 Å². The lowest BCUT2D eigenvalue weighted by molar-refractivity contribution is -0.137. The van der Waals surface area contributed by atoms with Gasteiger partial charge in [-0.15, -0.1) is 0 Å². The van der Waals surface area contributed by atoms with Crippen molar-refractivity contribution < 1.29 is 9.53 Å². The zero-order chi connectivity index (χ0) is 17.1. The molecule has 0 bridgehead atoms. The van der Waals surface area contributed by atoms with Gasteiger partial charge in [-0.3, -0.25) is 9.80 Å². The second kappa shape index (κ2) is 7.49. The maximum absolute atomic E-state index is 11.7. The molecule has 0 aromatic heterocycles. The number of carbonyl (C=O) groups is 1. The van der Waals surface area contributed by atoms with E-state index >= 15 is 0 Å². The van der Waals surface area contributed by atoms with Gasteiger partial charge < -0.3 is 4.74 Å². The van der Waals surface area contributed by atoms with Gasteiger partial charge in [-0.25, -0.2) is 4.79 Å². The number of esters is 1. The van der Waals surface area contributed by atoms with Gasteiger partial charge in [0.1, 0.15) is 0 Å². The lowest BCUT2D eigenvalue weighted by atomic mass is 9.91. The highest BCUT2D eigenvalue weighted by Gasteiger charge is 2.44. The van der Waals surface area contributed by atoms with Crippen LogP contribution in [-0.2, 0) is 9.53 Å². The first kappa shape index (κ1) is 17.2. The summed E-state index contributed by atoms with van der Waals surface area (Å²) >= 11 is 0. The van der Waals surface area contributed by atoms with Crippen LogP contribution in [-0.4, -0.2) is 48.6 Å². The van der Waals surface area contributed by atoms with Crippen molar-refractivity contribution in [2.75, 3.05) is 20.7 Å². The van der Waals surface area contributed by atoms with Crippen molar-refractivity contribution in [2.45, 2.75) is 50.9 Å². The molecule has 1 saturated carbocycles. The lowest BCUT2D eigenvalue weighted by Crippen LogP contribution is -2.37. The van der Waals surface area contributed by atoms with Gasteiger partial charge in [-0.1, -0.05) is 37.1 Å². The Bertz CT molecular complexity index is 595. The van der Waals surface area contributed by atoms with Crippen LogP contribution in [0.1, 0.15) is 49.9 Å². The Balaban J connectivity index is 1.88. The summed E-state index contributed by atoms with van der Waals surface area (Å²) in [5.41, 5.74) is 2.35. The van der Waals surface area contributed by atoms with Gasteiger partial charge >= 0.3 is 5.97 Å². The number of ether oxygens (including phenoxy) is 1. The molecule has 1 aromatic rings. The fourth-order valence-corrected chi connectivity index (χ4v) is 4.38. The third kappa shape index (κ3) is 3.26. The van der Waals surface area contributed by atoms with E-state index < -0.39 is 0 Å². The molecule has 2 fully saturated rings. The molecule has 3 rings (SSSR count). The summed E-state index contributed by atoms with van der Waals surface area (Å²) in [4.78, 5) is 16.7. The number of nitrogens with zero attached hydrogens (tertiary/aromatic N) is 2. The molecule has 1 saturated heterocycles. The monoisotopic (exact) mass is 328 g/mol. The Hall–Kier alpha value is -1.65. The molecule has 1 aliphatic carbocycles. The van der Waals surface area contributed by atoms with Crippen molar-refractivity contribution in [2.24, 2.45) is 0 Å². The van der Waals surface area contributed by atoms with Crippen molar-refractivity contribution in [3.63, 3.8) is 0 Å². The Kier molecular flexibility index (Phi) is 5.36. The third-order valence-corrected chi connectivity index (χ3v) is 5.47. The molecule has 0 amide bonds. The van der Waals surface area contributed by atoms with E-state index in [1.807, 2.05) is 19.1 Å². The average Bonchev–Trinajstić information content (AvgIpc) is 2.85. The standard InChI is InChI=1S/C20H28N2O2/c1-4-24-19(23)14-13-15-9-5-6-10-16(15)20-21(2)17-11-7-8-12-18(17)22(20)3/h5-6,9-10,13-14,17-18,20H,4,7-8,11-12H2,1-3H3/b14-13+/t17-,18-/m1/s1. The normalized spacial score (nSPS) is 26.0. The van der Waals surface area contributed by atoms with Crippen LogP contribution in [0.5, 0.6) is 0 Å². The quantitative estimate of drug-likeness (QED) is 0.626. The van der Waals surface area contributed by atoms with E-state index in [4.69, 9.17) is 4.74 Å². The second-order valence-electron chi connectivity index (χ2n) is 6.84. The maximum atomic E-state index is 11.7. The highest BCUT2D eigenvalue weighted by molar-refractivity contribution is 5.87. The summed E-state index contributed by atoms with van der Waals surface area (Å²) in [5, 5.41) is 0. The zero-order valence-electron chi connectivity index (χ0n) is 14.9. The van der Waals surface area contributed by atoms with Crippen molar-refractivity contribution in [3.8, 4) is 0 Å². The van der Waals surface area contributed by atoms with Crippen molar-refractivity contribution in [1.29, 1.82) is 0 Å². The fourth-order valence-electron chi connectivity index (χ4n) is 4.38. The molecule has 4 nitrogen and oxygen atoms in total. The van der Waals surface area contributed by atoms with Crippen LogP contribution < -0.4 is 0 Å². The van der Waals surface area contributed by atoms with Gasteiger partial charge in [0, 0.05) is 18.2 Å². The summed E-state index contributed by atoms with van der Waals surface area (Å²) in [6, 6.07) is 9.64.